The molecule has 3 heterocycles. The normalized spacial score (nSPS) is 16.7. The van der Waals surface area contributed by atoms with Crippen molar-refractivity contribution in [1.29, 1.82) is 5.26 Å². The number of nitrogens with one attached hydrogen (secondary N) is 2. The van der Waals surface area contributed by atoms with Crippen molar-refractivity contribution in [3.8, 4) is 17.2 Å². The quantitative estimate of drug-likeness (QED) is 0.742. The summed E-state index contributed by atoms with van der Waals surface area (Å²) in [5.74, 6) is 1.47. The van der Waals surface area contributed by atoms with E-state index in [1.165, 1.54) is 6.42 Å². The Balaban J connectivity index is 1.77. The zero-order valence-corrected chi connectivity index (χ0v) is 14.9. The molecule has 1 aliphatic heterocycles. The topological polar surface area (TPSA) is 78.6 Å². The standard InChI is InChI=1S/C20H22N6/c1-2-23-20-17(16-5-3-14(10-21)4-6-16)9-19-18(25-20)12-24-26(19)13-15-7-8-22-11-15/h3-6,9,12,15,22H,2,7-8,11,13H2,1H3,(H,23,25)/t15-/m0/s1. The van der Waals surface area contributed by atoms with Crippen molar-refractivity contribution in [2.24, 2.45) is 5.92 Å². The van der Waals surface area contributed by atoms with Gasteiger partial charge in [-0.2, -0.15) is 10.4 Å². The highest BCUT2D eigenvalue weighted by Crippen LogP contribution is 2.30. The van der Waals surface area contributed by atoms with Crippen LogP contribution >= 0.6 is 0 Å². The van der Waals surface area contributed by atoms with Crippen LogP contribution in [0.3, 0.4) is 0 Å². The number of benzene rings is 1. The summed E-state index contributed by atoms with van der Waals surface area (Å²) < 4.78 is 2.07. The van der Waals surface area contributed by atoms with Gasteiger partial charge in [-0.15, -0.1) is 0 Å². The monoisotopic (exact) mass is 346 g/mol. The molecule has 132 valence electrons. The molecule has 26 heavy (non-hydrogen) atoms. The molecule has 1 atom stereocenters. The molecule has 0 unspecified atom stereocenters. The summed E-state index contributed by atoms with van der Waals surface area (Å²) >= 11 is 0. The van der Waals surface area contributed by atoms with Crippen LogP contribution < -0.4 is 10.6 Å². The fourth-order valence-electron chi connectivity index (χ4n) is 3.51. The number of nitriles is 1. The molecule has 6 nitrogen and oxygen atoms in total. The molecule has 0 aliphatic carbocycles. The van der Waals surface area contributed by atoms with Crippen LogP contribution in [-0.2, 0) is 6.54 Å². The Bertz CT molecular complexity index is 945. The van der Waals surface area contributed by atoms with Crippen LogP contribution in [0.5, 0.6) is 0 Å². The molecular formula is C20H22N6. The van der Waals surface area contributed by atoms with Gasteiger partial charge in [-0.25, -0.2) is 4.98 Å². The molecule has 1 aliphatic rings. The number of anilines is 1. The van der Waals surface area contributed by atoms with Crippen LogP contribution in [0.25, 0.3) is 22.2 Å². The molecule has 3 aromatic rings. The number of hydrogen-bond acceptors (Lipinski definition) is 5. The van der Waals surface area contributed by atoms with Gasteiger partial charge in [0.2, 0.25) is 0 Å². The van der Waals surface area contributed by atoms with Crippen LogP contribution in [0.15, 0.2) is 36.5 Å². The lowest BCUT2D eigenvalue weighted by molar-refractivity contribution is 0.459. The Morgan fingerprint density at radius 3 is 2.88 bits per heavy atom. The third kappa shape index (κ3) is 3.14. The lowest BCUT2D eigenvalue weighted by Gasteiger charge is -2.13. The minimum Gasteiger partial charge on any atom is -0.370 e. The lowest BCUT2D eigenvalue weighted by Crippen LogP contribution is -2.15. The molecule has 1 fully saturated rings. The first-order valence-electron chi connectivity index (χ1n) is 9.10. The van der Waals surface area contributed by atoms with Gasteiger partial charge in [0.05, 0.1) is 23.3 Å². The molecule has 2 N–H and O–H groups in total. The maximum atomic E-state index is 9.03. The molecule has 4 rings (SSSR count). The highest BCUT2D eigenvalue weighted by atomic mass is 15.3. The summed E-state index contributed by atoms with van der Waals surface area (Å²) in [6, 6.07) is 12.0. The number of fused-ring (bicyclic) bond motifs is 1. The molecule has 6 heteroatoms. The van der Waals surface area contributed by atoms with Gasteiger partial charge >= 0.3 is 0 Å². The van der Waals surface area contributed by atoms with Crippen LogP contribution in [-0.4, -0.2) is 34.4 Å². The van der Waals surface area contributed by atoms with Crippen LogP contribution in [0.2, 0.25) is 0 Å². The first-order valence-corrected chi connectivity index (χ1v) is 9.10. The summed E-state index contributed by atoms with van der Waals surface area (Å²) in [6.45, 7) is 5.90. The van der Waals surface area contributed by atoms with Crippen LogP contribution in [0.4, 0.5) is 5.82 Å². The van der Waals surface area contributed by atoms with Gasteiger partial charge in [-0.3, -0.25) is 4.68 Å². The fraction of sp³-hybridized carbons (Fsp3) is 0.350. The van der Waals surface area contributed by atoms with Crippen LogP contribution in [0, 0.1) is 17.2 Å². The van der Waals surface area contributed by atoms with Crippen molar-refractivity contribution in [2.75, 3.05) is 25.0 Å². The molecule has 0 spiro atoms. The Morgan fingerprint density at radius 1 is 1.35 bits per heavy atom. The van der Waals surface area contributed by atoms with E-state index in [1.807, 2.05) is 30.5 Å². The SMILES string of the molecule is CCNc1nc2cnn(C[C@H]3CCNC3)c2cc1-c1ccc(C#N)cc1. The number of nitrogens with zero attached hydrogens (tertiary/aromatic N) is 4. The van der Waals surface area contributed by atoms with E-state index in [4.69, 9.17) is 10.2 Å². The zero-order chi connectivity index (χ0) is 17.9. The Morgan fingerprint density at radius 2 is 2.19 bits per heavy atom. The Labute approximate surface area is 152 Å². The van der Waals surface area contributed by atoms with E-state index >= 15 is 0 Å². The molecule has 1 saturated heterocycles. The fourth-order valence-corrected chi connectivity index (χ4v) is 3.51. The maximum Gasteiger partial charge on any atom is 0.134 e. The van der Waals surface area contributed by atoms with Gasteiger partial charge < -0.3 is 10.6 Å². The van der Waals surface area contributed by atoms with Crippen molar-refractivity contribution < 1.29 is 0 Å². The molecule has 2 aromatic heterocycles. The van der Waals surface area contributed by atoms with Gasteiger partial charge in [0.1, 0.15) is 11.3 Å². The third-order valence-corrected chi connectivity index (χ3v) is 4.89. The smallest absolute Gasteiger partial charge is 0.134 e. The van der Waals surface area contributed by atoms with Gasteiger partial charge in [-0.1, -0.05) is 12.1 Å². The van der Waals surface area contributed by atoms with E-state index < -0.39 is 0 Å². The minimum atomic E-state index is 0.616. The molecular weight excluding hydrogens is 324 g/mol. The molecule has 0 amide bonds. The Kier molecular flexibility index (Phi) is 4.55. The first-order chi connectivity index (χ1) is 12.8. The van der Waals surface area contributed by atoms with Gasteiger partial charge in [0.25, 0.3) is 0 Å². The Hall–Kier alpha value is -2.91. The minimum absolute atomic E-state index is 0.616. The third-order valence-electron chi connectivity index (χ3n) is 4.89. The summed E-state index contributed by atoms with van der Waals surface area (Å²) in [5, 5.41) is 20.4. The van der Waals surface area contributed by atoms with Crippen molar-refractivity contribution in [1.82, 2.24) is 20.1 Å². The largest absolute Gasteiger partial charge is 0.370 e. The van der Waals surface area contributed by atoms with Gasteiger partial charge in [-0.05, 0) is 56.1 Å². The summed E-state index contributed by atoms with van der Waals surface area (Å²) in [5.41, 5.74) is 4.70. The van der Waals surface area contributed by atoms with E-state index in [-0.39, 0.29) is 0 Å². The van der Waals surface area contributed by atoms with Crippen molar-refractivity contribution >= 4 is 16.9 Å². The average Bonchev–Trinajstić information content (AvgIpc) is 3.32. The average molecular weight is 346 g/mol. The predicted octanol–water partition coefficient (Wildman–Crippen LogP) is 3.01. The van der Waals surface area contributed by atoms with E-state index in [1.54, 1.807) is 0 Å². The van der Waals surface area contributed by atoms with Crippen molar-refractivity contribution in [3.05, 3.63) is 42.1 Å². The highest BCUT2D eigenvalue weighted by molar-refractivity contribution is 5.87. The second kappa shape index (κ2) is 7.14. The maximum absolute atomic E-state index is 9.03. The molecule has 0 radical (unpaired) electrons. The van der Waals surface area contributed by atoms with E-state index in [2.05, 4.69) is 39.5 Å². The number of aromatic nitrogens is 3. The highest BCUT2D eigenvalue weighted by Gasteiger charge is 2.18. The summed E-state index contributed by atoms with van der Waals surface area (Å²) in [4.78, 5) is 4.80. The summed E-state index contributed by atoms with van der Waals surface area (Å²) in [6.07, 6.45) is 3.04. The molecule has 0 saturated carbocycles. The zero-order valence-electron chi connectivity index (χ0n) is 14.9. The van der Waals surface area contributed by atoms with Crippen molar-refractivity contribution in [3.63, 3.8) is 0 Å². The number of pyridine rings is 1. The predicted molar refractivity (Wildman–Crippen MR) is 103 cm³/mol. The van der Waals surface area contributed by atoms with Crippen LogP contribution in [0.1, 0.15) is 18.9 Å². The number of hydrogen-bond donors (Lipinski definition) is 2. The first kappa shape index (κ1) is 16.6. The van der Waals surface area contributed by atoms with E-state index in [9.17, 15) is 0 Å². The van der Waals surface area contributed by atoms with Gasteiger partial charge in [0.15, 0.2) is 0 Å². The summed E-state index contributed by atoms with van der Waals surface area (Å²) in [7, 11) is 0. The number of rotatable bonds is 5. The molecule has 0 bridgehead atoms. The van der Waals surface area contributed by atoms with Crippen molar-refractivity contribution in [2.45, 2.75) is 19.9 Å². The molecule has 1 aromatic carbocycles. The van der Waals surface area contributed by atoms with Gasteiger partial charge in [0, 0.05) is 18.7 Å². The second-order valence-corrected chi connectivity index (χ2v) is 6.69. The second-order valence-electron chi connectivity index (χ2n) is 6.69. The van der Waals surface area contributed by atoms with E-state index in [0.29, 0.717) is 11.5 Å². The lowest BCUT2D eigenvalue weighted by atomic mass is 10.0. The van der Waals surface area contributed by atoms with E-state index in [0.717, 1.165) is 54.2 Å².